The van der Waals surface area contributed by atoms with Crippen LogP contribution >= 0.6 is 0 Å². The van der Waals surface area contributed by atoms with Gasteiger partial charge in [-0.2, -0.15) is 0 Å². The summed E-state index contributed by atoms with van der Waals surface area (Å²) in [5, 5.41) is 10.2. The third kappa shape index (κ3) is 5.61. The van der Waals surface area contributed by atoms with Crippen molar-refractivity contribution in [1.29, 1.82) is 0 Å². The fourth-order valence-electron chi connectivity index (χ4n) is 4.72. The van der Waals surface area contributed by atoms with Crippen LogP contribution in [0.25, 0.3) is 0 Å². The maximum Gasteiger partial charge on any atom is 0.317 e. The van der Waals surface area contributed by atoms with E-state index in [2.05, 4.69) is 0 Å². The molecular formula is C22H29N3O6. The molecule has 3 amide bonds. The van der Waals surface area contributed by atoms with Crippen molar-refractivity contribution in [3.8, 4) is 5.75 Å². The SMILES string of the molecule is NC(=O)[C@@H]1C(C(=O)Oc2ccccc2)CCN1C(=O)C(CC1CCCC1)CN(O)C=O. The van der Waals surface area contributed by atoms with Crippen LogP contribution in [0.2, 0.25) is 0 Å². The zero-order valence-corrected chi connectivity index (χ0v) is 17.4. The Hall–Kier alpha value is -2.94. The van der Waals surface area contributed by atoms with E-state index in [-0.39, 0.29) is 31.8 Å². The molecule has 3 atom stereocenters. The molecule has 168 valence electrons. The van der Waals surface area contributed by atoms with Crippen LogP contribution < -0.4 is 10.5 Å². The summed E-state index contributed by atoms with van der Waals surface area (Å²) in [4.78, 5) is 50.5. The minimum Gasteiger partial charge on any atom is -0.426 e. The number of amides is 3. The molecule has 1 aliphatic heterocycles. The Bertz CT molecular complexity index is 796. The standard InChI is InChI=1S/C22H29N3O6/c23-20(27)19-18(22(29)31-17-8-2-1-3-9-17)10-11-25(19)21(28)16(13-24(30)14-26)12-15-6-4-5-7-15/h1-3,8-9,14-16,18-19,30H,4-7,10-13H2,(H2,23,27)/t16?,18?,19-/m0/s1. The molecule has 2 aliphatic rings. The molecule has 1 aromatic carbocycles. The van der Waals surface area contributed by atoms with Gasteiger partial charge < -0.3 is 15.4 Å². The second kappa shape index (κ2) is 10.4. The van der Waals surface area contributed by atoms with Gasteiger partial charge in [0.1, 0.15) is 11.8 Å². The maximum atomic E-state index is 13.3. The van der Waals surface area contributed by atoms with Gasteiger partial charge in [-0.05, 0) is 30.9 Å². The van der Waals surface area contributed by atoms with Gasteiger partial charge in [0.05, 0.1) is 18.4 Å². The molecule has 0 spiro atoms. The van der Waals surface area contributed by atoms with Gasteiger partial charge in [0.25, 0.3) is 0 Å². The molecule has 31 heavy (non-hydrogen) atoms. The summed E-state index contributed by atoms with van der Waals surface area (Å²) in [6.45, 7) is 0.00856. The lowest BCUT2D eigenvalue weighted by Crippen LogP contribution is -2.51. The van der Waals surface area contributed by atoms with E-state index in [4.69, 9.17) is 10.5 Å². The van der Waals surface area contributed by atoms with Crippen LogP contribution in [0.3, 0.4) is 0 Å². The predicted octanol–water partition coefficient (Wildman–Crippen LogP) is 1.34. The van der Waals surface area contributed by atoms with E-state index in [1.165, 1.54) is 4.90 Å². The van der Waals surface area contributed by atoms with E-state index in [9.17, 15) is 24.4 Å². The third-order valence-corrected chi connectivity index (χ3v) is 6.21. The van der Waals surface area contributed by atoms with Gasteiger partial charge >= 0.3 is 5.97 Å². The predicted molar refractivity (Wildman–Crippen MR) is 110 cm³/mol. The second-order valence-corrected chi connectivity index (χ2v) is 8.32. The maximum absolute atomic E-state index is 13.3. The Balaban J connectivity index is 1.74. The van der Waals surface area contributed by atoms with E-state index in [1.807, 2.05) is 0 Å². The number of nitrogens with two attached hydrogens (primary N) is 1. The summed E-state index contributed by atoms with van der Waals surface area (Å²) in [6.07, 6.45) is 5.16. The Morgan fingerprint density at radius 2 is 1.87 bits per heavy atom. The van der Waals surface area contributed by atoms with Crippen molar-refractivity contribution < 1.29 is 29.1 Å². The van der Waals surface area contributed by atoms with Gasteiger partial charge in [-0.3, -0.25) is 24.4 Å². The van der Waals surface area contributed by atoms with Crippen molar-refractivity contribution in [3.05, 3.63) is 30.3 Å². The van der Waals surface area contributed by atoms with Crippen LogP contribution in [0, 0.1) is 17.8 Å². The summed E-state index contributed by atoms with van der Waals surface area (Å²) < 4.78 is 5.38. The molecule has 9 nitrogen and oxygen atoms in total. The normalized spacial score (nSPS) is 22.2. The summed E-state index contributed by atoms with van der Waals surface area (Å²) in [6, 6.07) is 7.36. The number of hydrogen-bond donors (Lipinski definition) is 2. The molecule has 0 bridgehead atoms. The number of primary amides is 1. The number of nitrogens with zero attached hydrogens (tertiary/aromatic N) is 2. The highest BCUT2D eigenvalue weighted by atomic mass is 16.5. The van der Waals surface area contributed by atoms with E-state index < -0.39 is 29.8 Å². The molecule has 1 heterocycles. The first-order chi connectivity index (χ1) is 14.9. The quantitative estimate of drug-likeness (QED) is 0.199. The number of ether oxygens (including phenoxy) is 1. The topological polar surface area (TPSA) is 130 Å². The van der Waals surface area contributed by atoms with E-state index in [0.29, 0.717) is 23.2 Å². The highest BCUT2D eigenvalue weighted by Crippen LogP contribution is 2.33. The number of hydroxylamine groups is 2. The Morgan fingerprint density at radius 3 is 2.48 bits per heavy atom. The highest BCUT2D eigenvalue weighted by molar-refractivity contribution is 5.93. The highest BCUT2D eigenvalue weighted by Gasteiger charge is 2.47. The van der Waals surface area contributed by atoms with Crippen molar-refractivity contribution in [3.63, 3.8) is 0 Å². The van der Waals surface area contributed by atoms with Crippen LogP contribution in [0.1, 0.15) is 38.5 Å². The van der Waals surface area contributed by atoms with Crippen molar-refractivity contribution in [2.24, 2.45) is 23.5 Å². The minimum atomic E-state index is -1.13. The molecule has 1 saturated heterocycles. The Labute approximate surface area is 181 Å². The van der Waals surface area contributed by atoms with E-state index in [1.54, 1.807) is 30.3 Å². The number of para-hydroxylation sites is 1. The molecule has 1 saturated carbocycles. The zero-order valence-electron chi connectivity index (χ0n) is 17.4. The first-order valence-corrected chi connectivity index (χ1v) is 10.7. The second-order valence-electron chi connectivity index (χ2n) is 8.32. The van der Waals surface area contributed by atoms with E-state index in [0.717, 1.165) is 25.7 Å². The van der Waals surface area contributed by atoms with Crippen LogP contribution in [0.5, 0.6) is 5.75 Å². The summed E-state index contributed by atoms with van der Waals surface area (Å²) >= 11 is 0. The number of likely N-dealkylation sites (tertiary alicyclic amines) is 1. The summed E-state index contributed by atoms with van der Waals surface area (Å²) in [5.41, 5.74) is 5.58. The lowest BCUT2D eigenvalue weighted by Gasteiger charge is -2.30. The first-order valence-electron chi connectivity index (χ1n) is 10.7. The molecule has 2 fully saturated rings. The van der Waals surface area contributed by atoms with Gasteiger partial charge in [-0.25, -0.2) is 5.06 Å². The molecule has 0 radical (unpaired) electrons. The molecule has 9 heteroatoms. The van der Waals surface area contributed by atoms with Gasteiger partial charge in [0.2, 0.25) is 18.2 Å². The Morgan fingerprint density at radius 1 is 1.19 bits per heavy atom. The number of hydrogen-bond acceptors (Lipinski definition) is 6. The molecular weight excluding hydrogens is 402 g/mol. The van der Waals surface area contributed by atoms with Gasteiger partial charge in [-0.15, -0.1) is 0 Å². The van der Waals surface area contributed by atoms with Crippen molar-refractivity contribution in [1.82, 2.24) is 9.96 Å². The largest absolute Gasteiger partial charge is 0.426 e. The molecule has 1 aliphatic carbocycles. The summed E-state index contributed by atoms with van der Waals surface area (Å²) in [7, 11) is 0. The molecule has 3 N–H and O–H groups in total. The van der Waals surface area contributed by atoms with Crippen molar-refractivity contribution in [2.75, 3.05) is 13.1 Å². The summed E-state index contributed by atoms with van der Waals surface area (Å²) in [5.74, 6) is -2.66. The fraction of sp³-hybridized carbons (Fsp3) is 0.545. The van der Waals surface area contributed by atoms with Crippen LogP contribution in [0.4, 0.5) is 0 Å². The Kier molecular flexibility index (Phi) is 7.62. The zero-order chi connectivity index (χ0) is 22.4. The molecule has 3 rings (SSSR count). The number of benzene rings is 1. The lowest BCUT2D eigenvalue weighted by atomic mass is 9.91. The first kappa shape index (κ1) is 22.7. The monoisotopic (exact) mass is 431 g/mol. The number of carbonyl (C=O) groups is 4. The van der Waals surface area contributed by atoms with Crippen LogP contribution in [-0.4, -0.2) is 58.5 Å². The average Bonchev–Trinajstić information content (AvgIpc) is 3.43. The van der Waals surface area contributed by atoms with Crippen molar-refractivity contribution >= 4 is 24.2 Å². The number of rotatable bonds is 9. The van der Waals surface area contributed by atoms with Crippen LogP contribution in [-0.2, 0) is 19.2 Å². The van der Waals surface area contributed by atoms with Gasteiger partial charge in [0, 0.05) is 6.54 Å². The lowest BCUT2D eigenvalue weighted by molar-refractivity contribution is -0.158. The molecule has 0 aromatic heterocycles. The smallest absolute Gasteiger partial charge is 0.317 e. The molecule has 2 unspecified atom stereocenters. The minimum absolute atomic E-state index is 0.167. The van der Waals surface area contributed by atoms with Crippen LogP contribution in [0.15, 0.2) is 30.3 Å². The van der Waals surface area contributed by atoms with Gasteiger partial charge in [0.15, 0.2) is 0 Å². The van der Waals surface area contributed by atoms with Gasteiger partial charge in [-0.1, -0.05) is 43.9 Å². The fourth-order valence-corrected chi connectivity index (χ4v) is 4.72. The number of esters is 1. The molecule has 1 aromatic rings. The van der Waals surface area contributed by atoms with E-state index >= 15 is 0 Å². The number of carbonyl (C=O) groups excluding carboxylic acids is 4. The van der Waals surface area contributed by atoms with Crippen molar-refractivity contribution in [2.45, 2.75) is 44.6 Å². The third-order valence-electron chi connectivity index (χ3n) is 6.21. The average molecular weight is 431 g/mol.